The Morgan fingerprint density at radius 3 is 2.35 bits per heavy atom. The second-order valence-electron chi connectivity index (χ2n) is 4.36. The van der Waals surface area contributed by atoms with Gasteiger partial charge in [0.1, 0.15) is 17.4 Å². The summed E-state index contributed by atoms with van der Waals surface area (Å²) in [7, 11) is 2.65. The van der Waals surface area contributed by atoms with Crippen molar-refractivity contribution in [3.05, 3.63) is 35.4 Å². The Hall–Kier alpha value is -1.03. The number of halogens is 4. The van der Waals surface area contributed by atoms with Gasteiger partial charge in [-0.15, -0.1) is 0 Å². The Morgan fingerprint density at radius 2 is 1.91 bits per heavy atom. The van der Waals surface area contributed by atoms with Crippen molar-refractivity contribution in [3.63, 3.8) is 0 Å². The number of aliphatic hydroxyl groups is 1. The summed E-state index contributed by atoms with van der Waals surface area (Å²) in [5, 5.41) is 9.08. The van der Waals surface area contributed by atoms with Crippen LogP contribution in [-0.4, -0.2) is 30.2 Å². The van der Waals surface area contributed by atoms with Gasteiger partial charge in [-0.2, -0.15) is 13.2 Å². The number of benzene rings is 1. The number of aromatic nitrogens is 2. The molecule has 0 bridgehead atoms. The van der Waals surface area contributed by atoms with E-state index in [0.717, 1.165) is 16.8 Å². The molecule has 0 atom stereocenters. The standard InChI is InChI=1S/C13H12F4N2O2.B.Na/c1-19-5-11(13(15,16)17)18-12(19)8-4-10(21-2)7(6-20)3-9(8)14;;/h3-5,20H,6H2,1-2H3;;/q;-1;+1. The van der Waals surface area contributed by atoms with Crippen molar-refractivity contribution in [1.82, 2.24) is 9.55 Å². The van der Waals surface area contributed by atoms with Gasteiger partial charge in [-0.05, 0) is 12.1 Å². The van der Waals surface area contributed by atoms with E-state index in [4.69, 9.17) is 9.84 Å². The summed E-state index contributed by atoms with van der Waals surface area (Å²) < 4.78 is 58.0. The second-order valence-corrected chi connectivity index (χ2v) is 4.36. The van der Waals surface area contributed by atoms with Crippen LogP contribution in [0.5, 0.6) is 5.75 Å². The SMILES string of the molecule is COc1cc(-c2nc(C(F)(F)F)cn2C)c(F)cc1CO.[B-].[Na+]. The van der Waals surface area contributed by atoms with E-state index in [0.29, 0.717) is 0 Å². The fourth-order valence-electron chi connectivity index (χ4n) is 1.93. The van der Waals surface area contributed by atoms with Gasteiger partial charge in [-0.25, -0.2) is 9.37 Å². The van der Waals surface area contributed by atoms with Crippen molar-refractivity contribution >= 4 is 8.41 Å². The van der Waals surface area contributed by atoms with Gasteiger partial charge in [0, 0.05) is 18.8 Å². The van der Waals surface area contributed by atoms with Crippen LogP contribution in [0.2, 0.25) is 0 Å². The van der Waals surface area contributed by atoms with Gasteiger partial charge in [-0.3, -0.25) is 0 Å². The molecule has 0 amide bonds. The van der Waals surface area contributed by atoms with E-state index < -0.39 is 24.3 Å². The van der Waals surface area contributed by atoms with E-state index in [1.807, 2.05) is 0 Å². The summed E-state index contributed by atoms with van der Waals surface area (Å²) in [4.78, 5) is 3.42. The number of imidazole rings is 1. The molecule has 1 aromatic carbocycles. The number of rotatable bonds is 3. The molecular weight excluding hydrogens is 326 g/mol. The van der Waals surface area contributed by atoms with E-state index in [-0.39, 0.29) is 60.7 Å². The number of hydrogen-bond donors (Lipinski definition) is 1. The van der Waals surface area contributed by atoms with Crippen molar-refractivity contribution in [2.45, 2.75) is 12.8 Å². The van der Waals surface area contributed by atoms with Crippen LogP contribution >= 0.6 is 0 Å². The molecule has 0 spiro atoms. The molecule has 118 valence electrons. The molecule has 0 aliphatic rings. The first kappa shape index (κ1) is 22.0. The summed E-state index contributed by atoms with van der Waals surface area (Å²) in [6.45, 7) is -0.450. The zero-order chi connectivity index (χ0) is 15.8. The van der Waals surface area contributed by atoms with Gasteiger partial charge in [0.15, 0.2) is 5.69 Å². The van der Waals surface area contributed by atoms with E-state index in [1.54, 1.807) is 0 Å². The maximum atomic E-state index is 14.0. The normalized spacial score (nSPS) is 10.7. The number of alkyl halides is 3. The van der Waals surface area contributed by atoms with Gasteiger partial charge in [0.05, 0.1) is 19.3 Å². The molecule has 0 saturated carbocycles. The minimum atomic E-state index is -4.61. The van der Waals surface area contributed by atoms with Crippen molar-refractivity contribution in [1.29, 1.82) is 0 Å². The second kappa shape index (κ2) is 8.19. The van der Waals surface area contributed by atoms with E-state index >= 15 is 0 Å². The molecule has 1 aromatic heterocycles. The minimum Gasteiger partial charge on any atom is -1.00 e. The molecule has 0 aliphatic heterocycles. The van der Waals surface area contributed by atoms with Crippen LogP contribution in [0.25, 0.3) is 11.4 Å². The molecule has 4 radical (unpaired) electrons. The van der Waals surface area contributed by atoms with Crippen LogP contribution < -0.4 is 34.3 Å². The molecule has 1 heterocycles. The zero-order valence-corrected chi connectivity index (χ0v) is 14.8. The fraction of sp³-hybridized carbons (Fsp3) is 0.308. The molecule has 0 saturated heterocycles. The van der Waals surface area contributed by atoms with Crippen LogP contribution in [0.4, 0.5) is 17.6 Å². The molecule has 2 aromatic rings. The first-order valence-electron chi connectivity index (χ1n) is 5.86. The Balaban J connectivity index is 0.00000242. The largest absolute Gasteiger partial charge is 1.00 e. The van der Waals surface area contributed by atoms with Gasteiger partial charge >= 0.3 is 35.7 Å². The monoisotopic (exact) mass is 338 g/mol. The van der Waals surface area contributed by atoms with E-state index in [2.05, 4.69) is 4.98 Å². The summed E-state index contributed by atoms with van der Waals surface area (Å²) in [5.74, 6) is -0.796. The van der Waals surface area contributed by atoms with Gasteiger partial charge in [-0.1, -0.05) is 0 Å². The number of nitrogens with zero attached hydrogens (tertiary/aromatic N) is 2. The average Bonchev–Trinajstić information content (AvgIpc) is 2.80. The molecule has 0 aliphatic carbocycles. The van der Waals surface area contributed by atoms with Gasteiger partial charge in [0.25, 0.3) is 0 Å². The summed E-state index contributed by atoms with van der Waals surface area (Å²) in [6, 6.07) is 2.22. The number of hydrogen-bond acceptors (Lipinski definition) is 3. The Bertz CT molecular complexity index is 677. The van der Waals surface area contributed by atoms with Gasteiger partial charge in [0.2, 0.25) is 0 Å². The maximum absolute atomic E-state index is 14.0. The fourth-order valence-corrected chi connectivity index (χ4v) is 1.93. The summed E-state index contributed by atoms with van der Waals surface area (Å²) in [6.07, 6.45) is -3.83. The van der Waals surface area contributed by atoms with Crippen LogP contribution in [0, 0.1) is 5.82 Å². The number of aliphatic hydroxyl groups excluding tert-OH is 1. The number of ether oxygens (including phenoxy) is 1. The first-order valence-corrected chi connectivity index (χ1v) is 5.86. The minimum absolute atomic E-state index is 0. The average molecular weight is 338 g/mol. The van der Waals surface area contributed by atoms with Crippen LogP contribution in [0.15, 0.2) is 18.3 Å². The molecule has 1 N–H and O–H groups in total. The number of methoxy groups -OCH3 is 1. The molecule has 10 heteroatoms. The predicted molar refractivity (Wildman–Crippen MR) is 71.8 cm³/mol. The van der Waals surface area contributed by atoms with Gasteiger partial charge < -0.3 is 22.8 Å². The van der Waals surface area contributed by atoms with Crippen LogP contribution in [0.3, 0.4) is 0 Å². The zero-order valence-electron chi connectivity index (χ0n) is 12.8. The maximum Gasteiger partial charge on any atom is 1.00 e. The van der Waals surface area contributed by atoms with Crippen LogP contribution in [0.1, 0.15) is 11.3 Å². The molecule has 0 unspecified atom stereocenters. The molecule has 4 nitrogen and oxygen atoms in total. The topological polar surface area (TPSA) is 47.3 Å². The Morgan fingerprint density at radius 1 is 1.30 bits per heavy atom. The third-order valence-corrected chi connectivity index (χ3v) is 2.95. The van der Waals surface area contributed by atoms with Crippen molar-refractivity contribution in [2.75, 3.05) is 7.11 Å². The predicted octanol–water partition coefficient (Wildman–Crippen LogP) is -0.631. The number of aryl methyl sites for hydroxylation is 1. The third kappa shape index (κ3) is 4.50. The van der Waals surface area contributed by atoms with E-state index in [1.165, 1.54) is 20.2 Å². The van der Waals surface area contributed by atoms with Crippen LogP contribution in [-0.2, 0) is 19.8 Å². The molecule has 0 fully saturated rings. The third-order valence-electron chi connectivity index (χ3n) is 2.95. The summed E-state index contributed by atoms with van der Waals surface area (Å²) >= 11 is 0. The van der Waals surface area contributed by atoms with E-state index in [9.17, 15) is 17.6 Å². The Labute approximate surface area is 154 Å². The van der Waals surface area contributed by atoms with Crippen molar-refractivity contribution in [3.8, 4) is 17.1 Å². The Kier molecular flexibility index (Phi) is 7.82. The molecular formula is C13H12BF4N2NaO2. The molecule has 2 rings (SSSR count). The smallest absolute Gasteiger partial charge is 1.00 e. The van der Waals surface area contributed by atoms with Crippen molar-refractivity contribution < 1.29 is 57.0 Å². The summed E-state index contributed by atoms with van der Waals surface area (Å²) in [5.41, 5.74) is -1.05. The quantitative estimate of drug-likeness (QED) is 0.599. The van der Waals surface area contributed by atoms with Crippen molar-refractivity contribution in [2.24, 2.45) is 7.05 Å². The molecule has 23 heavy (non-hydrogen) atoms. The first-order chi connectivity index (χ1) is 9.77.